The van der Waals surface area contributed by atoms with E-state index in [-0.39, 0.29) is 11.6 Å². The zero-order valence-corrected chi connectivity index (χ0v) is 13.9. The highest BCUT2D eigenvalue weighted by Crippen LogP contribution is 2.21. The summed E-state index contributed by atoms with van der Waals surface area (Å²) in [5.74, 6) is -0.642. The van der Waals surface area contributed by atoms with Crippen molar-refractivity contribution >= 4 is 38.3 Å². The van der Waals surface area contributed by atoms with E-state index in [1.165, 1.54) is 6.07 Å². The van der Waals surface area contributed by atoms with E-state index in [0.29, 0.717) is 17.3 Å². The summed E-state index contributed by atoms with van der Waals surface area (Å²) in [7, 11) is 0. The number of rotatable bonds is 4. The standard InChI is InChI=1S/C19H15BrFNO/c20-15-9-10-18(17(21)12-15)22-19(23)11-8-14-6-3-5-13-4-1-2-7-16(13)14/h1-7,9-10,12H,8,11H2,(H,22,23). The minimum Gasteiger partial charge on any atom is -0.324 e. The minimum absolute atomic E-state index is 0.195. The fourth-order valence-electron chi connectivity index (χ4n) is 2.56. The maximum absolute atomic E-state index is 13.7. The third kappa shape index (κ3) is 3.77. The molecular formula is C19H15BrFNO. The molecule has 1 N–H and O–H groups in total. The second-order valence-electron chi connectivity index (χ2n) is 5.31. The number of hydrogen-bond donors (Lipinski definition) is 1. The third-order valence-electron chi connectivity index (χ3n) is 3.71. The van der Waals surface area contributed by atoms with Crippen LogP contribution < -0.4 is 5.32 Å². The highest BCUT2D eigenvalue weighted by Gasteiger charge is 2.09. The van der Waals surface area contributed by atoms with Crippen LogP contribution in [0.4, 0.5) is 10.1 Å². The van der Waals surface area contributed by atoms with Crippen molar-refractivity contribution in [1.82, 2.24) is 0 Å². The summed E-state index contributed by atoms with van der Waals surface area (Å²) in [4.78, 5) is 12.1. The molecule has 3 rings (SSSR count). The van der Waals surface area contributed by atoms with Gasteiger partial charge in [-0.1, -0.05) is 58.4 Å². The predicted octanol–water partition coefficient (Wildman–Crippen LogP) is 5.31. The first-order chi connectivity index (χ1) is 11.1. The Bertz CT molecular complexity index is 858. The van der Waals surface area contributed by atoms with Crippen molar-refractivity contribution in [2.24, 2.45) is 0 Å². The number of anilines is 1. The number of carbonyl (C=O) groups is 1. The number of nitrogens with one attached hydrogen (secondary N) is 1. The highest BCUT2D eigenvalue weighted by molar-refractivity contribution is 9.10. The molecule has 0 aliphatic heterocycles. The molecule has 4 heteroatoms. The van der Waals surface area contributed by atoms with Crippen molar-refractivity contribution in [3.63, 3.8) is 0 Å². The van der Waals surface area contributed by atoms with Gasteiger partial charge in [-0.15, -0.1) is 0 Å². The number of amides is 1. The van der Waals surface area contributed by atoms with Gasteiger partial charge in [0.1, 0.15) is 5.82 Å². The summed E-state index contributed by atoms with van der Waals surface area (Å²) in [6.07, 6.45) is 0.925. The van der Waals surface area contributed by atoms with E-state index in [9.17, 15) is 9.18 Å². The fraction of sp³-hybridized carbons (Fsp3) is 0.105. The SMILES string of the molecule is O=C(CCc1cccc2ccccc12)Nc1ccc(Br)cc1F. The Labute approximate surface area is 142 Å². The number of carbonyl (C=O) groups excluding carboxylic acids is 1. The van der Waals surface area contributed by atoms with E-state index in [1.807, 2.05) is 24.3 Å². The van der Waals surface area contributed by atoms with Gasteiger partial charge in [0, 0.05) is 10.9 Å². The Balaban J connectivity index is 1.69. The van der Waals surface area contributed by atoms with Crippen LogP contribution in [0.2, 0.25) is 0 Å². The smallest absolute Gasteiger partial charge is 0.224 e. The molecule has 0 bridgehead atoms. The molecule has 0 unspecified atom stereocenters. The summed E-state index contributed by atoms with van der Waals surface area (Å²) in [5.41, 5.74) is 1.32. The molecule has 0 radical (unpaired) electrons. The van der Waals surface area contributed by atoms with Gasteiger partial charge in [0.2, 0.25) is 5.91 Å². The van der Waals surface area contributed by atoms with E-state index in [1.54, 1.807) is 12.1 Å². The van der Waals surface area contributed by atoms with Crippen molar-refractivity contribution in [2.75, 3.05) is 5.32 Å². The molecule has 0 spiro atoms. The highest BCUT2D eigenvalue weighted by atomic mass is 79.9. The number of benzene rings is 3. The van der Waals surface area contributed by atoms with Gasteiger partial charge in [-0.25, -0.2) is 4.39 Å². The lowest BCUT2D eigenvalue weighted by molar-refractivity contribution is -0.116. The summed E-state index contributed by atoms with van der Waals surface area (Å²) in [6.45, 7) is 0. The molecule has 0 saturated heterocycles. The Morgan fingerprint density at radius 3 is 2.65 bits per heavy atom. The second kappa shape index (κ2) is 6.92. The minimum atomic E-state index is -0.446. The first-order valence-electron chi connectivity index (χ1n) is 7.35. The molecule has 0 aliphatic rings. The zero-order chi connectivity index (χ0) is 16.2. The van der Waals surface area contributed by atoms with Crippen LogP contribution in [0.25, 0.3) is 10.8 Å². The predicted molar refractivity (Wildman–Crippen MR) is 95.0 cm³/mol. The van der Waals surface area contributed by atoms with Gasteiger partial charge in [-0.3, -0.25) is 4.79 Å². The summed E-state index contributed by atoms with van der Waals surface area (Å²) in [5, 5.41) is 4.93. The Morgan fingerprint density at radius 1 is 1.04 bits per heavy atom. The van der Waals surface area contributed by atoms with Crippen molar-refractivity contribution in [2.45, 2.75) is 12.8 Å². The maximum Gasteiger partial charge on any atom is 0.224 e. The quantitative estimate of drug-likeness (QED) is 0.661. The molecule has 0 atom stereocenters. The first-order valence-corrected chi connectivity index (χ1v) is 8.14. The number of aryl methyl sites for hydroxylation is 1. The molecule has 3 aromatic rings. The van der Waals surface area contributed by atoms with E-state index < -0.39 is 5.82 Å². The first kappa shape index (κ1) is 15.7. The fourth-order valence-corrected chi connectivity index (χ4v) is 2.90. The van der Waals surface area contributed by atoms with Gasteiger partial charge < -0.3 is 5.32 Å². The van der Waals surface area contributed by atoms with Crippen LogP contribution in [0.5, 0.6) is 0 Å². The summed E-state index contributed by atoms with van der Waals surface area (Å²) in [6, 6.07) is 18.7. The van der Waals surface area contributed by atoms with Gasteiger partial charge in [0.25, 0.3) is 0 Å². The number of fused-ring (bicyclic) bond motifs is 1. The normalized spacial score (nSPS) is 10.7. The number of hydrogen-bond acceptors (Lipinski definition) is 1. The lowest BCUT2D eigenvalue weighted by atomic mass is 10.0. The Morgan fingerprint density at radius 2 is 1.83 bits per heavy atom. The average Bonchev–Trinajstić information content (AvgIpc) is 2.55. The van der Waals surface area contributed by atoms with E-state index in [2.05, 4.69) is 39.4 Å². The third-order valence-corrected chi connectivity index (χ3v) is 4.20. The molecule has 0 heterocycles. The summed E-state index contributed by atoms with van der Waals surface area (Å²) < 4.78 is 14.4. The van der Waals surface area contributed by atoms with Crippen LogP contribution in [-0.2, 0) is 11.2 Å². The lowest BCUT2D eigenvalue weighted by Gasteiger charge is -2.08. The zero-order valence-electron chi connectivity index (χ0n) is 12.4. The van der Waals surface area contributed by atoms with E-state index in [0.717, 1.165) is 16.3 Å². The molecule has 3 aromatic carbocycles. The van der Waals surface area contributed by atoms with Crippen LogP contribution in [0.3, 0.4) is 0 Å². The molecule has 23 heavy (non-hydrogen) atoms. The molecule has 2 nitrogen and oxygen atoms in total. The Hall–Kier alpha value is -2.20. The molecule has 116 valence electrons. The van der Waals surface area contributed by atoms with Crippen molar-refractivity contribution in [3.8, 4) is 0 Å². The molecule has 0 fully saturated rings. The van der Waals surface area contributed by atoms with Gasteiger partial charge >= 0.3 is 0 Å². The largest absolute Gasteiger partial charge is 0.324 e. The molecule has 1 amide bonds. The molecule has 0 aromatic heterocycles. The van der Waals surface area contributed by atoms with E-state index in [4.69, 9.17) is 0 Å². The van der Waals surface area contributed by atoms with Crippen LogP contribution in [0.15, 0.2) is 65.1 Å². The van der Waals surface area contributed by atoms with Crippen LogP contribution >= 0.6 is 15.9 Å². The van der Waals surface area contributed by atoms with E-state index >= 15 is 0 Å². The van der Waals surface area contributed by atoms with Crippen LogP contribution in [0.1, 0.15) is 12.0 Å². The molecule has 0 saturated carbocycles. The topological polar surface area (TPSA) is 29.1 Å². The lowest BCUT2D eigenvalue weighted by Crippen LogP contribution is -2.13. The van der Waals surface area contributed by atoms with Gasteiger partial charge in [-0.2, -0.15) is 0 Å². The second-order valence-corrected chi connectivity index (χ2v) is 6.23. The summed E-state index contributed by atoms with van der Waals surface area (Å²) >= 11 is 3.19. The Kier molecular flexibility index (Phi) is 4.72. The van der Waals surface area contributed by atoms with Crippen LogP contribution in [-0.4, -0.2) is 5.91 Å². The van der Waals surface area contributed by atoms with Crippen LogP contribution in [0, 0.1) is 5.82 Å². The van der Waals surface area contributed by atoms with Gasteiger partial charge in [-0.05, 0) is 41.0 Å². The average molecular weight is 372 g/mol. The monoisotopic (exact) mass is 371 g/mol. The maximum atomic E-state index is 13.7. The van der Waals surface area contributed by atoms with Gasteiger partial charge in [0.05, 0.1) is 5.69 Å². The van der Waals surface area contributed by atoms with Crippen molar-refractivity contribution in [3.05, 3.63) is 76.5 Å². The number of halogens is 2. The van der Waals surface area contributed by atoms with Crippen molar-refractivity contribution < 1.29 is 9.18 Å². The molecular weight excluding hydrogens is 357 g/mol. The van der Waals surface area contributed by atoms with Crippen molar-refractivity contribution in [1.29, 1.82) is 0 Å². The molecule has 0 aliphatic carbocycles. The van der Waals surface area contributed by atoms with Gasteiger partial charge in [0.15, 0.2) is 0 Å².